The average molecular weight is 265 g/mol. The maximum Gasteiger partial charge on any atom is 0.136 e. The predicted molar refractivity (Wildman–Crippen MR) is 79.4 cm³/mol. The number of anilines is 1. The molecule has 0 atom stereocenters. The lowest BCUT2D eigenvalue weighted by Gasteiger charge is -2.29. The van der Waals surface area contributed by atoms with Gasteiger partial charge in [0.15, 0.2) is 0 Å². The lowest BCUT2D eigenvalue weighted by atomic mass is 10.0. The standard InChI is InChI=1S/C15H24FN3/c1-4-11(5-2)10-19(6-3)13-9-7-8-12(16)14(13)15(17)18/h7-9,11H,4-6,10H2,1-3H3,(H3,17,18). The van der Waals surface area contributed by atoms with Crippen LogP contribution in [0.4, 0.5) is 10.1 Å². The second-order valence-electron chi connectivity index (χ2n) is 4.77. The van der Waals surface area contributed by atoms with Crippen molar-refractivity contribution >= 4 is 11.5 Å². The molecule has 0 bridgehead atoms. The maximum absolute atomic E-state index is 13.9. The van der Waals surface area contributed by atoms with E-state index in [4.69, 9.17) is 11.1 Å². The van der Waals surface area contributed by atoms with Crippen molar-refractivity contribution in [1.82, 2.24) is 0 Å². The number of amidine groups is 1. The summed E-state index contributed by atoms with van der Waals surface area (Å²) in [6.07, 6.45) is 2.19. The van der Waals surface area contributed by atoms with Crippen LogP contribution in [0.1, 0.15) is 39.2 Å². The van der Waals surface area contributed by atoms with Crippen molar-refractivity contribution in [2.45, 2.75) is 33.6 Å². The molecule has 4 heteroatoms. The molecule has 0 aliphatic carbocycles. The number of hydrogen-bond acceptors (Lipinski definition) is 2. The molecule has 0 amide bonds. The van der Waals surface area contributed by atoms with E-state index in [9.17, 15) is 4.39 Å². The number of nitrogen functional groups attached to an aromatic ring is 1. The van der Waals surface area contributed by atoms with E-state index >= 15 is 0 Å². The molecule has 19 heavy (non-hydrogen) atoms. The van der Waals surface area contributed by atoms with Gasteiger partial charge >= 0.3 is 0 Å². The Hall–Kier alpha value is -1.58. The van der Waals surface area contributed by atoms with Crippen molar-refractivity contribution in [1.29, 1.82) is 5.41 Å². The number of hydrogen-bond donors (Lipinski definition) is 2. The lowest BCUT2D eigenvalue weighted by molar-refractivity contribution is 0.485. The molecule has 1 aromatic rings. The van der Waals surface area contributed by atoms with Crippen LogP contribution in [0.3, 0.4) is 0 Å². The molecule has 0 heterocycles. The summed E-state index contributed by atoms with van der Waals surface area (Å²) < 4.78 is 13.9. The Morgan fingerprint density at radius 2 is 1.95 bits per heavy atom. The summed E-state index contributed by atoms with van der Waals surface area (Å²) >= 11 is 0. The van der Waals surface area contributed by atoms with Gasteiger partial charge in [-0.25, -0.2) is 4.39 Å². The number of nitrogens with zero attached hydrogens (tertiary/aromatic N) is 1. The molecule has 0 aliphatic rings. The van der Waals surface area contributed by atoms with Gasteiger partial charge in [-0.15, -0.1) is 0 Å². The van der Waals surface area contributed by atoms with Crippen LogP contribution in [-0.2, 0) is 0 Å². The zero-order valence-corrected chi connectivity index (χ0v) is 12.0. The van der Waals surface area contributed by atoms with Gasteiger partial charge < -0.3 is 10.6 Å². The van der Waals surface area contributed by atoms with E-state index in [-0.39, 0.29) is 11.4 Å². The largest absolute Gasteiger partial charge is 0.384 e. The quantitative estimate of drug-likeness (QED) is 0.586. The van der Waals surface area contributed by atoms with Crippen molar-refractivity contribution in [3.8, 4) is 0 Å². The molecule has 0 saturated carbocycles. The molecule has 0 aromatic heterocycles. The molecule has 0 unspecified atom stereocenters. The third-order valence-corrected chi connectivity index (χ3v) is 3.62. The fourth-order valence-corrected chi connectivity index (χ4v) is 2.30. The fraction of sp³-hybridized carbons (Fsp3) is 0.533. The Labute approximate surface area is 115 Å². The predicted octanol–water partition coefficient (Wildman–Crippen LogP) is 3.37. The monoisotopic (exact) mass is 265 g/mol. The maximum atomic E-state index is 13.9. The van der Waals surface area contributed by atoms with Gasteiger partial charge in [-0.1, -0.05) is 32.8 Å². The molecule has 0 saturated heterocycles. The third kappa shape index (κ3) is 3.69. The second-order valence-corrected chi connectivity index (χ2v) is 4.77. The lowest BCUT2D eigenvalue weighted by Crippen LogP contribution is -2.31. The average Bonchev–Trinajstić information content (AvgIpc) is 2.39. The molecule has 1 rings (SSSR count). The molecule has 0 aliphatic heterocycles. The van der Waals surface area contributed by atoms with Gasteiger partial charge in [-0.2, -0.15) is 0 Å². The van der Waals surface area contributed by atoms with E-state index < -0.39 is 5.82 Å². The van der Waals surface area contributed by atoms with Gasteiger partial charge in [0, 0.05) is 13.1 Å². The van der Waals surface area contributed by atoms with Crippen LogP contribution in [0.25, 0.3) is 0 Å². The number of nitrogens with one attached hydrogen (secondary N) is 1. The minimum Gasteiger partial charge on any atom is -0.384 e. The first kappa shape index (κ1) is 15.5. The van der Waals surface area contributed by atoms with Crippen LogP contribution in [-0.4, -0.2) is 18.9 Å². The van der Waals surface area contributed by atoms with Crippen molar-refractivity contribution in [2.24, 2.45) is 11.7 Å². The van der Waals surface area contributed by atoms with Gasteiger partial charge in [0.25, 0.3) is 0 Å². The molecule has 3 N–H and O–H groups in total. The van der Waals surface area contributed by atoms with E-state index in [1.807, 2.05) is 13.0 Å². The summed E-state index contributed by atoms with van der Waals surface area (Å²) in [6, 6.07) is 4.86. The normalized spacial score (nSPS) is 10.8. The zero-order valence-electron chi connectivity index (χ0n) is 12.0. The Balaban J connectivity index is 3.11. The highest BCUT2D eigenvalue weighted by Crippen LogP contribution is 2.24. The van der Waals surface area contributed by atoms with Crippen LogP contribution in [0.2, 0.25) is 0 Å². The van der Waals surface area contributed by atoms with E-state index in [1.54, 1.807) is 6.07 Å². The van der Waals surface area contributed by atoms with E-state index in [0.29, 0.717) is 5.92 Å². The number of halogens is 1. The Morgan fingerprint density at radius 3 is 2.42 bits per heavy atom. The topological polar surface area (TPSA) is 53.1 Å². The van der Waals surface area contributed by atoms with Gasteiger partial charge in [0.1, 0.15) is 11.7 Å². The van der Waals surface area contributed by atoms with Crippen molar-refractivity contribution in [2.75, 3.05) is 18.0 Å². The molecule has 3 nitrogen and oxygen atoms in total. The third-order valence-electron chi connectivity index (χ3n) is 3.62. The van der Waals surface area contributed by atoms with Crippen LogP contribution in [0, 0.1) is 17.1 Å². The first-order chi connectivity index (χ1) is 9.04. The summed E-state index contributed by atoms with van der Waals surface area (Å²) in [6.45, 7) is 8.02. The zero-order chi connectivity index (χ0) is 14.4. The minimum atomic E-state index is -0.423. The number of benzene rings is 1. The summed E-state index contributed by atoms with van der Waals surface area (Å²) in [4.78, 5) is 2.11. The highest BCUT2D eigenvalue weighted by Gasteiger charge is 2.18. The molecule has 0 radical (unpaired) electrons. The highest BCUT2D eigenvalue weighted by atomic mass is 19.1. The summed E-state index contributed by atoms with van der Waals surface area (Å²) in [7, 11) is 0. The highest BCUT2D eigenvalue weighted by molar-refractivity contribution is 6.00. The van der Waals surface area contributed by atoms with Crippen molar-refractivity contribution in [3.63, 3.8) is 0 Å². The molecule has 0 fully saturated rings. The number of rotatable bonds is 7. The second kappa shape index (κ2) is 7.12. The fourth-order valence-electron chi connectivity index (χ4n) is 2.30. The smallest absolute Gasteiger partial charge is 0.136 e. The SMILES string of the molecule is CCC(CC)CN(CC)c1cccc(F)c1C(=N)N. The van der Waals surface area contributed by atoms with Gasteiger partial charge in [-0.3, -0.25) is 5.41 Å². The minimum absolute atomic E-state index is 0.212. The molecular formula is C15H24FN3. The van der Waals surface area contributed by atoms with Crippen molar-refractivity contribution in [3.05, 3.63) is 29.6 Å². The van der Waals surface area contributed by atoms with Crippen LogP contribution in [0.15, 0.2) is 18.2 Å². The van der Waals surface area contributed by atoms with Crippen LogP contribution in [0.5, 0.6) is 0 Å². The Bertz CT molecular complexity index is 427. The van der Waals surface area contributed by atoms with E-state index in [0.717, 1.165) is 31.6 Å². The Morgan fingerprint density at radius 1 is 1.32 bits per heavy atom. The Kier molecular flexibility index (Phi) is 5.80. The van der Waals surface area contributed by atoms with Gasteiger partial charge in [-0.05, 0) is 25.0 Å². The van der Waals surface area contributed by atoms with E-state index in [1.165, 1.54) is 6.07 Å². The first-order valence-electron chi connectivity index (χ1n) is 6.92. The van der Waals surface area contributed by atoms with Crippen molar-refractivity contribution < 1.29 is 4.39 Å². The van der Waals surface area contributed by atoms with Crippen LogP contribution < -0.4 is 10.6 Å². The summed E-state index contributed by atoms with van der Waals surface area (Å²) in [5, 5.41) is 7.57. The molecule has 106 valence electrons. The number of nitrogens with two attached hydrogens (primary N) is 1. The first-order valence-corrected chi connectivity index (χ1v) is 6.92. The van der Waals surface area contributed by atoms with E-state index in [2.05, 4.69) is 18.7 Å². The summed E-state index contributed by atoms with van der Waals surface area (Å²) in [5.41, 5.74) is 6.46. The molecule has 0 spiro atoms. The summed E-state index contributed by atoms with van der Waals surface area (Å²) in [5.74, 6) is -0.0629. The van der Waals surface area contributed by atoms with Gasteiger partial charge in [0.05, 0.1) is 11.3 Å². The molecule has 1 aromatic carbocycles. The van der Waals surface area contributed by atoms with Gasteiger partial charge in [0.2, 0.25) is 0 Å². The van der Waals surface area contributed by atoms with Crippen LogP contribution >= 0.6 is 0 Å². The molecular weight excluding hydrogens is 241 g/mol.